The number of allylic oxidation sites excluding steroid dienone is 1. The number of ether oxygens (including phenoxy) is 4. The second kappa shape index (κ2) is 4.98. The molecule has 19 heavy (non-hydrogen) atoms. The third kappa shape index (κ3) is 3.23. The Morgan fingerprint density at radius 2 is 1.47 bits per heavy atom. The lowest BCUT2D eigenvalue weighted by Crippen LogP contribution is -2.40. The van der Waals surface area contributed by atoms with Crippen molar-refractivity contribution in [1.82, 2.24) is 0 Å². The van der Waals surface area contributed by atoms with Crippen LogP contribution in [-0.2, 0) is 23.7 Å². The van der Waals surface area contributed by atoms with Gasteiger partial charge < -0.3 is 18.9 Å². The number of hydrogen-bond donors (Lipinski definition) is 0. The highest BCUT2D eigenvalue weighted by molar-refractivity contribution is 5.64. The molecule has 5 heteroatoms. The molecule has 0 aliphatic carbocycles. The van der Waals surface area contributed by atoms with E-state index in [0.717, 1.165) is 6.29 Å². The zero-order chi connectivity index (χ0) is 14.3. The first kappa shape index (κ1) is 14.7. The highest BCUT2D eigenvalue weighted by atomic mass is 16.8. The van der Waals surface area contributed by atoms with Crippen molar-refractivity contribution >= 4 is 6.29 Å². The molecule has 0 amide bonds. The Bertz CT molecular complexity index is 374. The van der Waals surface area contributed by atoms with Gasteiger partial charge in [0, 0.05) is 0 Å². The fourth-order valence-corrected chi connectivity index (χ4v) is 2.68. The number of carbonyl (C=O) groups excluding carboxylic acids is 1. The third-order valence-electron chi connectivity index (χ3n) is 3.22. The monoisotopic (exact) mass is 270 g/mol. The van der Waals surface area contributed by atoms with Crippen molar-refractivity contribution in [2.75, 3.05) is 0 Å². The average Bonchev–Trinajstić information content (AvgIpc) is 2.71. The molecule has 0 aromatic heterocycles. The van der Waals surface area contributed by atoms with Gasteiger partial charge in [-0.15, -0.1) is 0 Å². The van der Waals surface area contributed by atoms with E-state index in [1.807, 2.05) is 34.6 Å². The Hall–Kier alpha value is -0.750. The van der Waals surface area contributed by atoms with Crippen LogP contribution >= 0.6 is 0 Å². The number of carbonyl (C=O) groups is 1. The molecular formula is C14H22O5. The Morgan fingerprint density at radius 1 is 0.895 bits per heavy atom. The first-order chi connectivity index (χ1) is 8.74. The van der Waals surface area contributed by atoms with Crippen LogP contribution in [0, 0.1) is 0 Å². The molecule has 2 aliphatic heterocycles. The largest absolute Gasteiger partial charge is 0.345 e. The molecule has 0 saturated carbocycles. The molecular weight excluding hydrogens is 248 g/mol. The maximum Gasteiger partial charge on any atom is 0.164 e. The van der Waals surface area contributed by atoms with Crippen molar-refractivity contribution in [2.24, 2.45) is 0 Å². The first-order valence-electron chi connectivity index (χ1n) is 6.57. The summed E-state index contributed by atoms with van der Waals surface area (Å²) in [5.41, 5.74) is 0. The predicted molar refractivity (Wildman–Crippen MR) is 68.5 cm³/mol. The second-order valence-electron chi connectivity index (χ2n) is 5.89. The van der Waals surface area contributed by atoms with Gasteiger partial charge in [-0.25, -0.2) is 0 Å². The molecule has 0 bridgehead atoms. The van der Waals surface area contributed by atoms with Gasteiger partial charge in [-0.05, 0) is 46.8 Å². The molecule has 0 N–H and O–H groups in total. The average molecular weight is 270 g/mol. The molecule has 2 rings (SSSR count). The van der Waals surface area contributed by atoms with E-state index in [9.17, 15) is 4.79 Å². The van der Waals surface area contributed by atoms with E-state index in [4.69, 9.17) is 18.9 Å². The van der Waals surface area contributed by atoms with Gasteiger partial charge in [0.25, 0.3) is 0 Å². The lowest BCUT2D eigenvalue weighted by atomic mass is 10.0. The quantitative estimate of drug-likeness (QED) is 0.578. The lowest BCUT2D eigenvalue weighted by molar-refractivity contribution is -0.174. The minimum Gasteiger partial charge on any atom is -0.345 e. The van der Waals surface area contributed by atoms with Crippen molar-refractivity contribution in [3.05, 3.63) is 12.2 Å². The van der Waals surface area contributed by atoms with Gasteiger partial charge in [-0.2, -0.15) is 0 Å². The maximum absolute atomic E-state index is 10.5. The summed E-state index contributed by atoms with van der Waals surface area (Å²) in [6.45, 7) is 9.40. The summed E-state index contributed by atoms with van der Waals surface area (Å²) in [5, 5.41) is 0. The van der Waals surface area contributed by atoms with Crippen LogP contribution in [-0.4, -0.2) is 42.3 Å². The Kier molecular flexibility index (Phi) is 3.84. The highest BCUT2D eigenvalue weighted by Crippen LogP contribution is 2.38. The van der Waals surface area contributed by atoms with Gasteiger partial charge in [0.05, 0.1) is 6.10 Å². The molecule has 0 unspecified atom stereocenters. The van der Waals surface area contributed by atoms with Gasteiger partial charge in [0.2, 0.25) is 0 Å². The standard InChI is InChI=1S/C14H22O5/c1-9-11(18-13(2,3)16-9)12-10(7-6-8-15)17-14(4,5)19-12/h6-12H,1-5H3/b7-6+/t9-,10+,11-,12-/m0/s1. The van der Waals surface area contributed by atoms with Crippen molar-refractivity contribution in [3.63, 3.8) is 0 Å². The predicted octanol–water partition coefficient (Wildman–Crippen LogP) is 1.80. The summed E-state index contributed by atoms with van der Waals surface area (Å²) in [5.74, 6) is -1.32. The minimum absolute atomic E-state index is 0.0929. The molecule has 2 heterocycles. The second-order valence-corrected chi connectivity index (χ2v) is 5.89. The van der Waals surface area contributed by atoms with Gasteiger partial charge in [0.1, 0.15) is 24.6 Å². The molecule has 0 radical (unpaired) electrons. The van der Waals surface area contributed by atoms with E-state index in [2.05, 4.69) is 0 Å². The third-order valence-corrected chi connectivity index (χ3v) is 3.22. The zero-order valence-electron chi connectivity index (χ0n) is 12.1. The maximum atomic E-state index is 10.5. The van der Waals surface area contributed by atoms with Crippen LogP contribution in [0.25, 0.3) is 0 Å². The van der Waals surface area contributed by atoms with Crippen LogP contribution in [0.5, 0.6) is 0 Å². The van der Waals surface area contributed by atoms with E-state index in [1.165, 1.54) is 6.08 Å². The van der Waals surface area contributed by atoms with Gasteiger partial charge >= 0.3 is 0 Å². The summed E-state index contributed by atoms with van der Waals surface area (Å²) < 4.78 is 23.3. The Morgan fingerprint density at radius 3 is 2.00 bits per heavy atom. The molecule has 5 nitrogen and oxygen atoms in total. The zero-order valence-corrected chi connectivity index (χ0v) is 12.1. The molecule has 2 aliphatic rings. The van der Waals surface area contributed by atoms with Crippen molar-refractivity contribution in [2.45, 2.75) is 70.6 Å². The van der Waals surface area contributed by atoms with Crippen molar-refractivity contribution in [1.29, 1.82) is 0 Å². The summed E-state index contributed by atoms with van der Waals surface area (Å²) in [6, 6.07) is 0. The summed E-state index contributed by atoms with van der Waals surface area (Å²) in [6.07, 6.45) is 2.93. The van der Waals surface area contributed by atoms with E-state index in [0.29, 0.717) is 0 Å². The molecule has 0 spiro atoms. The Labute approximate surface area is 113 Å². The lowest BCUT2D eigenvalue weighted by Gasteiger charge is -2.24. The smallest absolute Gasteiger partial charge is 0.164 e. The molecule has 2 saturated heterocycles. The molecule has 0 aromatic rings. The van der Waals surface area contributed by atoms with E-state index in [1.54, 1.807) is 6.08 Å². The van der Waals surface area contributed by atoms with Gasteiger partial charge in [-0.3, -0.25) is 4.79 Å². The fourth-order valence-electron chi connectivity index (χ4n) is 2.68. The number of rotatable bonds is 3. The van der Waals surface area contributed by atoms with Gasteiger partial charge in [-0.1, -0.05) is 0 Å². The van der Waals surface area contributed by atoms with E-state index < -0.39 is 11.6 Å². The topological polar surface area (TPSA) is 54.0 Å². The molecule has 4 atom stereocenters. The molecule has 0 aromatic carbocycles. The number of aldehydes is 1. The summed E-state index contributed by atoms with van der Waals surface area (Å²) in [7, 11) is 0. The molecule has 2 fully saturated rings. The Balaban J connectivity index is 2.17. The molecule has 108 valence electrons. The van der Waals surface area contributed by atoms with Crippen LogP contribution in [0.15, 0.2) is 12.2 Å². The minimum atomic E-state index is -0.696. The number of hydrogen-bond acceptors (Lipinski definition) is 5. The fraction of sp³-hybridized carbons (Fsp3) is 0.786. The van der Waals surface area contributed by atoms with Crippen LogP contribution in [0.2, 0.25) is 0 Å². The summed E-state index contributed by atoms with van der Waals surface area (Å²) in [4.78, 5) is 10.5. The van der Waals surface area contributed by atoms with E-state index >= 15 is 0 Å². The van der Waals surface area contributed by atoms with Crippen molar-refractivity contribution in [3.8, 4) is 0 Å². The van der Waals surface area contributed by atoms with Crippen LogP contribution in [0.4, 0.5) is 0 Å². The highest BCUT2D eigenvalue weighted by Gasteiger charge is 2.51. The van der Waals surface area contributed by atoms with Gasteiger partial charge in [0.15, 0.2) is 11.6 Å². The first-order valence-corrected chi connectivity index (χ1v) is 6.57. The van der Waals surface area contributed by atoms with E-state index in [-0.39, 0.29) is 24.4 Å². The summed E-state index contributed by atoms with van der Waals surface area (Å²) >= 11 is 0. The van der Waals surface area contributed by atoms with Crippen LogP contribution in [0.1, 0.15) is 34.6 Å². The normalized spacial score (nSPS) is 40.9. The van der Waals surface area contributed by atoms with Crippen molar-refractivity contribution < 1.29 is 23.7 Å². The SMILES string of the molecule is C[C@@H]1OC(C)(C)O[C@@H]1[C@H]1OC(C)(C)O[C@@H]1/C=C/C=O. The van der Waals surface area contributed by atoms with Crippen LogP contribution < -0.4 is 0 Å². The van der Waals surface area contributed by atoms with Crippen LogP contribution in [0.3, 0.4) is 0 Å².